The highest BCUT2D eigenvalue weighted by atomic mass is 35.5. The van der Waals surface area contributed by atoms with E-state index in [0.29, 0.717) is 25.6 Å². The maximum atomic E-state index is 13.6. The Hall–Kier alpha value is -3.43. The highest BCUT2D eigenvalue weighted by Crippen LogP contribution is 2.30. The molecule has 0 spiro atoms. The van der Waals surface area contributed by atoms with E-state index < -0.39 is 17.7 Å². The smallest absolute Gasteiger partial charge is 0.411 e. The molecule has 2 fully saturated rings. The van der Waals surface area contributed by atoms with Crippen molar-refractivity contribution in [2.45, 2.75) is 70.9 Å². The van der Waals surface area contributed by atoms with E-state index in [1.54, 1.807) is 11.2 Å². The zero-order valence-electron chi connectivity index (χ0n) is 27.3. The fourth-order valence-electron chi connectivity index (χ4n) is 5.97. The lowest BCUT2D eigenvalue weighted by atomic mass is 10.0. The number of hydrogen-bond acceptors (Lipinski definition) is 6. The first-order valence-corrected chi connectivity index (χ1v) is 16.5. The quantitative estimate of drug-likeness (QED) is 0.372. The van der Waals surface area contributed by atoms with Gasteiger partial charge in [-0.05, 0) is 94.3 Å². The molecule has 1 aromatic carbocycles. The minimum Gasteiger partial charge on any atom is -0.444 e. The fraction of sp³-hybridized carbons (Fsp3) is 0.543. The van der Waals surface area contributed by atoms with Crippen molar-refractivity contribution in [3.8, 4) is 0 Å². The Labute approximate surface area is 272 Å². The second-order valence-electron chi connectivity index (χ2n) is 13.6. The van der Waals surface area contributed by atoms with Crippen molar-refractivity contribution in [3.63, 3.8) is 0 Å². The van der Waals surface area contributed by atoms with Crippen molar-refractivity contribution < 1.29 is 14.3 Å². The van der Waals surface area contributed by atoms with E-state index >= 15 is 0 Å². The Bertz CT molecular complexity index is 1480. The predicted molar refractivity (Wildman–Crippen MR) is 176 cm³/mol. The van der Waals surface area contributed by atoms with Crippen LogP contribution < -0.4 is 0 Å². The van der Waals surface area contributed by atoms with Crippen LogP contribution in [0, 0.1) is 5.92 Å². The molecule has 242 valence electrons. The number of carbonyl (C=O) groups is 2. The molecule has 3 heterocycles. The molecule has 9 nitrogen and oxygen atoms in total. The van der Waals surface area contributed by atoms with Crippen LogP contribution in [0.25, 0.3) is 0 Å². The largest absolute Gasteiger partial charge is 0.444 e. The van der Waals surface area contributed by atoms with Gasteiger partial charge in [-0.1, -0.05) is 23.7 Å². The third-order valence-corrected chi connectivity index (χ3v) is 8.95. The lowest BCUT2D eigenvalue weighted by molar-refractivity contribution is -0.139. The zero-order chi connectivity index (χ0) is 32.1. The van der Waals surface area contributed by atoms with Crippen molar-refractivity contribution in [1.82, 2.24) is 29.2 Å². The lowest BCUT2D eigenvalue weighted by Crippen LogP contribution is -2.61. The Morgan fingerprint density at radius 3 is 2.56 bits per heavy atom. The molecule has 1 saturated carbocycles. The normalized spacial score (nSPS) is 18.2. The summed E-state index contributed by atoms with van der Waals surface area (Å²) in [5.41, 5.74) is 5.83. The Kier molecular flexibility index (Phi) is 10.5. The number of benzene rings is 1. The van der Waals surface area contributed by atoms with Crippen LogP contribution in [-0.2, 0) is 42.3 Å². The molecule has 2 aromatic heterocycles. The summed E-state index contributed by atoms with van der Waals surface area (Å²) in [6.45, 7) is 8.73. The van der Waals surface area contributed by atoms with Crippen molar-refractivity contribution in [3.05, 3.63) is 82.2 Å². The number of carbonyl (C=O) groups excluding carboxylic acids is 2. The second-order valence-corrected chi connectivity index (χ2v) is 14.1. The Morgan fingerprint density at radius 2 is 1.84 bits per heavy atom. The summed E-state index contributed by atoms with van der Waals surface area (Å²) in [6.07, 6.45) is 11.3. The van der Waals surface area contributed by atoms with Gasteiger partial charge in [0.25, 0.3) is 0 Å². The minimum absolute atomic E-state index is 0.0245. The number of piperazine rings is 1. The summed E-state index contributed by atoms with van der Waals surface area (Å²) in [5, 5.41) is 0.831. The Balaban J connectivity index is 0.000000209. The van der Waals surface area contributed by atoms with Crippen LogP contribution in [0.2, 0.25) is 5.02 Å². The molecule has 2 aliphatic carbocycles. The number of hydrogen-bond donors (Lipinski definition) is 0. The van der Waals surface area contributed by atoms with Gasteiger partial charge in [0, 0.05) is 81.4 Å². The maximum absolute atomic E-state index is 13.6. The number of aromatic nitrogens is 3. The molecule has 3 aliphatic rings. The van der Waals surface area contributed by atoms with Crippen molar-refractivity contribution in [2.75, 3.05) is 39.8 Å². The van der Waals surface area contributed by atoms with Crippen LogP contribution in [0.5, 0.6) is 0 Å². The van der Waals surface area contributed by atoms with E-state index in [1.807, 2.05) is 68.9 Å². The number of nitrogens with zero attached hydrogens (tertiary/aromatic N) is 6. The number of halogens is 1. The lowest BCUT2D eigenvalue weighted by Gasteiger charge is -2.41. The first-order chi connectivity index (χ1) is 21.5. The van der Waals surface area contributed by atoms with Gasteiger partial charge in [0.1, 0.15) is 11.6 Å². The van der Waals surface area contributed by atoms with Gasteiger partial charge in [-0.3, -0.25) is 14.7 Å². The molecule has 0 bridgehead atoms. The van der Waals surface area contributed by atoms with Gasteiger partial charge in [-0.25, -0.2) is 9.78 Å². The predicted octanol–water partition coefficient (Wildman–Crippen LogP) is 5.18. The molecule has 1 aliphatic heterocycles. The van der Waals surface area contributed by atoms with Crippen molar-refractivity contribution >= 4 is 23.6 Å². The average molecular weight is 635 g/mol. The van der Waals surface area contributed by atoms with Gasteiger partial charge in [0.2, 0.25) is 5.91 Å². The third-order valence-electron chi connectivity index (χ3n) is 8.71. The summed E-state index contributed by atoms with van der Waals surface area (Å²) >= 11 is 6.03. The van der Waals surface area contributed by atoms with E-state index in [0.717, 1.165) is 49.5 Å². The number of ether oxygens (including phenoxy) is 1. The first kappa shape index (κ1) is 32.9. The maximum Gasteiger partial charge on any atom is 0.411 e. The molecule has 10 heteroatoms. The van der Waals surface area contributed by atoms with E-state index in [-0.39, 0.29) is 5.91 Å². The van der Waals surface area contributed by atoms with Crippen LogP contribution in [0.4, 0.5) is 4.79 Å². The van der Waals surface area contributed by atoms with Crippen LogP contribution in [-0.4, -0.2) is 92.6 Å². The van der Waals surface area contributed by atoms with Crippen molar-refractivity contribution in [1.29, 1.82) is 0 Å². The highest BCUT2D eigenvalue weighted by Gasteiger charge is 2.39. The minimum atomic E-state index is -0.582. The number of fused-ring (bicyclic) bond motifs is 2. The van der Waals surface area contributed by atoms with Gasteiger partial charge in [-0.2, -0.15) is 0 Å². The summed E-state index contributed by atoms with van der Waals surface area (Å²) in [4.78, 5) is 40.7. The van der Waals surface area contributed by atoms with Crippen LogP contribution in [0.1, 0.15) is 61.7 Å². The number of amides is 2. The molecule has 0 radical (unpaired) electrons. The van der Waals surface area contributed by atoms with Gasteiger partial charge < -0.3 is 19.1 Å². The van der Waals surface area contributed by atoms with Crippen LogP contribution >= 0.6 is 11.6 Å². The number of pyridine rings is 1. The average Bonchev–Trinajstić information content (AvgIpc) is 3.75. The van der Waals surface area contributed by atoms with E-state index in [9.17, 15) is 9.59 Å². The summed E-state index contributed by atoms with van der Waals surface area (Å²) in [6, 6.07) is 9.87. The second kappa shape index (κ2) is 14.3. The monoisotopic (exact) mass is 634 g/mol. The van der Waals surface area contributed by atoms with Crippen molar-refractivity contribution in [2.24, 2.45) is 13.0 Å². The van der Waals surface area contributed by atoms with Crippen LogP contribution in [0.15, 0.2) is 49.1 Å². The Morgan fingerprint density at radius 1 is 1.07 bits per heavy atom. The molecule has 0 N–H and O–H groups in total. The topological polar surface area (TPSA) is 83.8 Å². The third kappa shape index (κ3) is 9.07. The standard InChI is InChI=1S/C21H35N5O3.C14H12ClN/c1-21(2,3)29-20(28)26-11-10-23(4)14-18(26)19(27)25(13-16-6-7-16)9-8-17-12-22-15-24(17)5;15-13-6-5-12-9-14-10(2-1-7-16-14)3-4-11(12)8-13/h12,15-16,18H,6-11,13-14H2,1-5H3;1-2,5-8H,3-4,9H2/t18-;/m1./s1. The van der Waals surface area contributed by atoms with E-state index in [1.165, 1.54) is 35.2 Å². The van der Waals surface area contributed by atoms with Gasteiger partial charge >= 0.3 is 6.09 Å². The number of likely N-dealkylation sites (N-methyl/N-ethyl adjacent to an activating group) is 1. The molecular formula is C35H47ClN6O3. The van der Waals surface area contributed by atoms with Gasteiger partial charge in [-0.15, -0.1) is 0 Å². The molecule has 1 saturated heterocycles. The summed E-state index contributed by atoms with van der Waals surface area (Å²) in [5.74, 6) is 0.610. The molecule has 2 amide bonds. The molecular weight excluding hydrogens is 588 g/mol. The number of rotatable bonds is 6. The molecule has 45 heavy (non-hydrogen) atoms. The van der Waals surface area contributed by atoms with Gasteiger partial charge in [0.15, 0.2) is 0 Å². The van der Waals surface area contributed by atoms with Crippen LogP contribution in [0.3, 0.4) is 0 Å². The highest BCUT2D eigenvalue weighted by molar-refractivity contribution is 6.30. The number of aryl methyl sites for hydroxylation is 3. The first-order valence-electron chi connectivity index (χ1n) is 16.1. The number of imidazole rings is 1. The zero-order valence-corrected chi connectivity index (χ0v) is 28.1. The summed E-state index contributed by atoms with van der Waals surface area (Å²) in [7, 11) is 3.96. The van der Waals surface area contributed by atoms with E-state index in [2.05, 4.69) is 33.1 Å². The molecule has 0 unspecified atom stereocenters. The molecule has 3 aromatic rings. The molecule has 6 rings (SSSR count). The summed E-state index contributed by atoms with van der Waals surface area (Å²) < 4.78 is 7.57. The van der Waals surface area contributed by atoms with E-state index in [4.69, 9.17) is 16.3 Å². The molecule has 1 atom stereocenters. The fourth-order valence-corrected chi connectivity index (χ4v) is 6.16. The van der Waals surface area contributed by atoms with Gasteiger partial charge in [0.05, 0.1) is 6.33 Å². The SMILES string of the molecule is CN1CCN(C(=O)OC(C)(C)C)[C@@H](C(=O)N(CCc2cncn2C)CC2CC2)C1.Clc1ccc2c(c1)CCc1cccnc1C2.